The Morgan fingerprint density at radius 3 is 1.00 bits per heavy atom. The van der Waals surface area contributed by atoms with E-state index in [4.69, 9.17) is 0 Å². The van der Waals surface area contributed by atoms with Crippen molar-refractivity contribution in [3.05, 3.63) is 0 Å². The first-order chi connectivity index (χ1) is 14.7. The van der Waals surface area contributed by atoms with Crippen molar-refractivity contribution in [3.8, 4) is 0 Å². The summed E-state index contributed by atoms with van der Waals surface area (Å²) in [6.07, 6.45) is 30.1. The van der Waals surface area contributed by atoms with Crippen LogP contribution in [-0.4, -0.2) is 23.5 Å². The van der Waals surface area contributed by atoms with Crippen LogP contribution in [0.1, 0.15) is 169 Å². The SMILES string of the molecule is CCCCCCCCCCCC(C)N(CCC)C(C)CCCCCCCCCCC. The fourth-order valence-electron chi connectivity index (χ4n) is 4.97. The van der Waals surface area contributed by atoms with Crippen molar-refractivity contribution >= 4 is 0 Å². The second kappa shape index (κ2) is 23.6. The maximum atomic E-state index is 2.83. The second-order valence-corrected chi connectivity index (χ2v) is 10.2. The highest BCUT2D eigenvalue weighted by molar-refractivity contribution is 4.74. The van der Waals surface area contributed by atoms with E-state index in [1.165, 1.54) is 141 Å². The van der Waals surface area contributed by atoms with E-state index >= 15 is 0 Å². The molecule has 0 spiro atoms. The molecular formula is C29H61N. The Bertz CT molecular complexity index is 285. The van der Waals surface area contributed by atoms with Crippen molar-refractivity contribution in [2.75, 3.05) is 6.54 Å². The van der Waals surface area contributed by atoms with Gasteiger partial charge >= 0.3 is 0 Å². The fraction of sp³-hybridized carbons (Fsp3) is 1.00. The molecule has 0 rings (SSSR count). The lowest BCUT2D eigenvalue weighted by molar-refractivity contribution is 0.135. The predicted molar refractivity (Wildman–Crippen MR) is 140 cm³/mol. The van der Waals surface area contributed by atoms with Crippen LogP contribution in [0.2, 0.25) is 0 Å². The standard InChI is InChI=1S/C29H61N/c1-6-9-11-13-15-17-19-21-23-25-28(4)30(27-8-3)29(5)26-24-22-20-18-16-14-12-10-7-2/h28-29H,6-27H2,1-5H3. The third-order valence-electron chi connectivity index (χ3n) is 7.07. The summed E-state index contributed by atoms with van der Waals surface area (Å²) in [4.78, 5) is 2.83. The van der Waals surface area contributed by atoms with Crippen LogP contribution in [-0.2, 0) is 0 Å². The second-order valence-electron chi connectivity index (χ2n) is 10.2. The van der Waals surface area contributed by atoms with E-state index in [1.54, 1.807) is 0 Å². The van der Waals surface area contributed by atoms with E-state index in [9.17, 15) is 0 Å². The van der Waals surface area contributed by atoms with E-state index in [1.807, 2.05) is 0 Å². The molecule has 0 saturated carbocycles. The van der Waals surface area contributed by atoms with Crippen LogP contribution < -0.4 is 0 Å². The van der Waals surface area contributed by atoms with Crippen molar-refractivity contribution in [1.29, 1.82) is 0 Å². The predicted octanol–water partition coefficient (Wildman–Crippen LogP) is 10.3. The summed E-state index contributed by atoms with van der Waals surface area (Å²) in [7, 11) is 0. The van der Waals surface area contributed by atoms with Gasteiger partial charge in [0.25, 0.3) is 0 Å². The highest BCUT2D eigenvalue weighted by Crippen LogP contribution is 2.19. The summed E-state index contributed by atoms with van der Waals surface area (Å²) in [5, 5.41) is 0. The Labute approximate surface area is 193 Å². The van der Waals surface area contributed by atoms with E-state index in [2.05, 4.69) is 39.5 Å². The monoisotopic (exact) mass is 423 g/mol. The summed E-state index contributed by atoms with van der Waals surface area (Å²) in [5.74, 6) is 0. The van der Waals surface area contributed by atoms with Gasteiger partial charge in [-0.05, 0) is 39.7 Å². The summed E-state index contributed by atoms with van der Waals surface area (Å²) >= 11 is 0. The lowest BCUT2D eigenvalue weighted by Crippen LogP contribution is -2.40. The molecule has 0 aromatic carbocycles. The van der Waals surface area contributed by atoms with E-state index in [0.29, 0.717) is 0 Å². The Hall–Kier alpha value is -0.0400. The van der Waals surface area contributed by atoms with Gasteiger partial charge in [0, 0.05) is 12.1 Å². The summed E-state index contributed by atoms with van der Waals surface area (Å²) in [5.41, 5.74) is 0. The smallest absolute Gasteiger partial charge is 0.00697 e. The van der Waals surface area contributed by atoms with Crippen LogP contribution in [0.5, 0.6) is 0 Å². The Balaban J connectivity index is 3.80. The average Bonchev–Trinajstić information content (AvgIpc) is 2.74. The van der Waals surface area contributed by atoms with Gasteiger partial charge in [0.1, 0.15) is 0 Å². The van der Waals surface area contributed by atoms with Gasteiger partial charge in [-0.15, -0.1) is 0 Å². The van der Waals surface area contributed by atoms with Crippen LogP contribution in [0, 0.1) is 0 Å². The molecule has 0 radical (unpaired) electrons. The molecule has 0 bridgehead atoms. The van der Waals surface area contributed by atoms with E-state index in [0.717, 1.165) is 12.1 Å². The molecule has 2 unspecified atom stereocenters. The minimum absolute atomic E-state index is 0.767. The average molecular weight is 424 g/mol. The molecule has 1 nitrogen and oxygen atoms in total. The fourth-order valence-corrected chi connectivity index (χ4v) is 4.97. The molecule has 0 aliphatic carbocycles. The van der Waals surface area contributed by atoms with Gasteiger partial charge in [-0.25, -0.2) is 0 Å². The van der Waals surface area contributed by atoms with Gasteiger partial charge in [0.05, 0.1) is 0 Å². The molecule has 0 aliphatic rings. The normalized spacial score (nSPS) is 13.8. The zero-order valence-corrected chi connectivity index (χ0v) is 22.2. The highest BCUT2D eigenvalue weighted by atomic mass is 15.2. The van der Waals surface area contributed by atoms with Gasteiger partial charge < -0.3 is 0 Å². The van der Waals surface area contributed by atoms with Gasteiger partial charge in [0.15, 0.2) is 0 Å². The third kappa shape index (κ3) is 18.7. The minimum Gasteiger partial charge on any atom is -0.298 e. The van der Waals surface area contributed by atoms with Crippen molar-refractivity contribution in [1.82, 2.24) is 4.90 Å². The zero-order valence-electron chi connectivity index (χ0n) is 22.2. The summed E-state index contributed by atoms with van der Waals surface area (Å²) in [6.45, 7) is 13.2. The zero-order chi connectivity index (χ0) is 22.3. The van der Waals surface area contributed by atoms with Crippen LogP contribution in [0.3, 0.4) is 0 Å². The van der Waals surface area contributed by atoms with Crippen molar-refractivity contribution in [2.24, 2.45) is 0 Å². The molecule has 1 heteroatoms. The number of rotatable bonds is 24. The van der Waals surface area contributed by atoms with Crippen molar-refractivity contribution in [2.45, 2.75) is 182 Å². The maximum absolute atomic E-state index is 2.83. The first kappa shape index (κ1) is 30.0. The first-order valence-corrected chi connectivity index (χ1v) is 14.4. The third-order valence-corrected chi connectivity index (χ3v) is 7.07. The number of hydrogen-bond donors (Lipinski definition) is 0. The lowest BCUT2D eigenvalue weighted by Gasteiger charge is -2.34. The lowest BCUT2D eigenvalue weighted by atomic mass is 10.0. The summed E-state index contributed by atoms with van der Waals surface area (Å²) in [6, 6.07) is 1.53. The van der Waals surface area contributed by atoms with E-state index in [-0.39, 0.29) is 0 Å². The van der Waals surface area contributed by atoms with Crippen molar-refractivity contribution < 1.29 is 0 Å². The topological polar surface area (TPSA) is 3.24 Å². The van der Waals surface area contributed by atoms with Gasteiger partial charge in [-0.1, -0.05) is 136 Å². The number of hydrogen-bond acceptors (Lipinski definition) is 1. The molecule has 0 fully saturated rings. The number of nitrogens with zero attached hydrogens (tertiary/aromatic N) is 1. The minimum atomic E-state index is 0.767. The maximum Gasteiger partial charge on any atom is 0.00697 e. The van der Waals surface area contributed by atoms with Crippen LogP contribution in [0.15, 0.2) is 0 Å². The quantitative estimate of drug-likeness (QED) is 0.139. The molecular weight excluding hydrogens is 362 g/mol. The molecule has 0 N–H and O–H groups in total. The van der Waals surface area contributed by atoms with Gasteiger partial charge in [0.2, 0.25) is 0 Å². The molecule has 0 aromatic rings. The van der Waals surface area contributed by atoms with Crippen molar-refractivity contribution in [3.63, 3.8) is 0 Å². The first-order valence-electron chi connectivity index (χ1n) is 14.4. The molecule has 0 amide bonds. The molecule has 0 heterocycles. The Morgan fingerprint density at radius 1 is 0.400 bits per heavy atom. The molecule has 182 valence electrons. The largest absolute Gasteiger partial charge is 0.298 e. The Morgan fingerprint density at radius 2 is 0.700 bits per heavy atom. The Kier molecular flexibility index (Phi) is 23.6. The molecule has 2 atom stereocenters. The molecule has 30 heavy (non-hydrogen) atoms. The molecule has 0 aromatic heterocycles. The molecule has 0 saturated heterocycles. The molecule has 0 aliphatic heterocycles. The van der Waals surface area contributed by atoms with Gasteiger partial charge in [-0.3, -0.25) is 4.90 Å². The van der Waals surface area contributed by atoms with Crippen LogP contribution in [0.4, 0.5) is 0 Å². The van der Waals surface area contributed by atoms with Gasteiger partial charge in [-0.2, -0.15) is 0 Å². The highest BCUT2D eigenvalue weighted by Gasteiger charge is 2.18. The van der Waals surface area contributed by atoms with Crippen LogP contribution in [0.25, 0.3) is 0 Å². The van der Waals surface area contributed by atoms with E-state index < -0.39 is 0 Å². The van der Waals surface area contributed by atoms with Crippen LogP contribution >= 0.6 is 0 Å². The summed E-state index contributed by atoms with van der Waals surface area (Å²) < 4.78 is 0. The number of unbranched alkanes of at least 4 members (excludes halogenated alkanes) is 16.